The molecule has 0 saturated carbocycles. The molecule has 1 saturated heterocycles. The topological polar surface area (TPSA) is 54.2 Å². The number of piperazine rings is 1. The maximum absolute atomic E-state index is 5.16. The molecular weight excluding hydrogens is 192 g/mol. The molecule has 0 aliphatic carbocycles. The number of aromatic nitrogens is 2. The zero-order valence-corrected chi connectivity index (χ0v) is 9.36. The van der Waals surface area contributed by atoms with Crippen molar-refractivity contribution in [1.82, 2.24) is 20.4 Å². The van der Waals surface area contributed by atoms with Crippen LogP contribution < -0.4 is 5.32 Å². The van der Waals surface area contributed by atoms with E-state index >= 15 is 0 Å². The lowest BCUT2D eigenvalue weighted by Gasteiger charge is -2.25. The van der Waals surface area contributed by atoms with E-state index in [-0.39, 0.29) is 0 Å². The van der Waals surface area contributed by atoms with Gasteiger partial charge in [0.2, 0.25) is 5.89 Å². The summed E-state index contributed by atoms with van der Waals surface area (Å²) in [5.74, 6) is 1.86. The van der Waals surface area contributed by atoms with E-state index < -0.39 is 0 Å². The fourth-order valence-corrected chi connectivity index (χ4v) is 1.64. The second-order valence-corrected chi connectivity index (χ2v) is 4.23. The molecule has 0 spiro atoms. The highest BCUT2D eigenvalue weighted by atomic mass is 16.5. The average molecular weight is 210 g/mol. The second kappa shape index (κ2) is 4.72. The van der Waals surface area contributed by atoms with Crippen molar-refractivity contribution in [3.8, 4) is 0 Å². The smallest absolute Gasteiger partial charge is 0.229 e. The number of hydrogen-bond donors (Lipinski definition) is 1. The zero-order valence-electron chi connectivity index (χ0n) is 9.36. The monoisotopic (exact) mass is 210 g/mol. The Labute approximate surface area is 89.8 Å². The Morgan fingerprint density at radius 1 is 1.40 bits per heavy atom. The van der Waals surface area contributed by atoms with Crippen molar-refractivity contribution >= 4 is 0 Å². The highest BCUT2D eigenvalue weighted by Crippen LogP contribution is 2.11. The van der Waals surface area contributed by atoms with Crippen LogP contribution >= 0.6 is 0 Å². The Bertz CT molecular complexity index is 304. The van der Waals surface area contributed by atoms with E-state index in [2.05, 4.69) is 34.2 Å². The van der Waals surface area contributed by atoms with Gasteiger partial charge in [0.1, 0.15) is 0 Å². The van der Waals surface area contributed by atoms with Gasteiger partial charge in [0.15, 0.2) is 5.82 Å². The minimum atomic E-state index is 0.314. The summed E-state index contributed by atoms with van der Waals surface area (Å²) in [5, 5.41) is 7.30. The van der Waals surface area contributed by atoms with Crippen LogP contribution in [0.15, 0.2) is 4.52 Å². The molecule has 1 aromatic rings. The van der Waals surface area contributed by atoms with Crippen molar-refractivity contribution in [3.05, 3.63) is 11.7 Å². The van der Waals surface area contributed by atoms with E-state index in [4.69, 9.17) is 4.52 Å². The van der Waals surface area contributed by atoms with Gasteiger partial charge in [0, 0.05) is 32.1 Å². The molecule has 0 radical (unpaired) electrons. The van der Waals surface area contributed by atoms with E-state index in [1.807, 2.05) is 0 Å². The van der Waals surface area contributed by atoms with Gasteiger partial charge in [-0.05, 0) is 0 Å². The second-order valence-electron chi connectivity index (χ2n) is 4.23. The molecule has 0 amide bonds. The van der Waals surface area contributed by atoms with Crippen LogP contribution in [0.2, 0.25) is 0 Å². The molecule has 2 heterocycles. The largest absolute Gasteiger partial charge is 0.339 e. The Balaban J connectivity index is 1.91. The third kappa shape index (κ3) is 2.76. The van der Waals surface area contributed by atoms with Crippen molar-refractivity contribution in [1.29, 1.82) is 0 Å². The first-order chi connectivity index (χ1) is 7.25. The first kappa shape index (κ1) is 10.6. The van der Waals surface area contributed by atoms with Gasteiger partial charge in [-0.1, -0.05) is 19.0 Å². The molecule has 0 aromatic carbocycles. The van der Waals surface area contributed by atoms with Crippen molar-refractivity contribution in [3.63, 3.8) is 0 Å². The summed E-state index contributed by atoms with van der Waals surface area (Å²) in [7, 11) is 0. The summed E-state index contributed by atoms with van der Waals surface area (Å²) < 4.78 is 5.16. The average Bonchev–Trinajstić information content (AvgIpc) is 2.68. The molecular formula is C10H18N4O. The normalized spacial score (nSPS) is 18.6. The van der Waals surface area contributed by atoms with Gasteiger partial charge in [0.05, 0.1) is 6.54 Å². The van der Waals surface area contributed by atoms with E-state index in [1.165, 1.54) is 0 Å². The number of nitrogens with one attached hydrogen (secondary N) is 1. The van der Waals surface area contributed by atoms with Crippen LogP contribution in [-0.2, 0) is 6.54 Å². The van der Waals surface area contributed by atoms with E-state index in [0.29, 0.717) is 5.92 Å². The van der Waals surface area contributed by atoms with Gasteiger partial charge >= 0.3 is 0 Å². The molecule has 0 unspecified atom stereocenters. The number of rotatable bonds is 3. The first-order valence-corrected chi connectivity index (χ1v) is 5.51. The molecule has 5 heteroatoms. The molecule has 84 valence electrons. The van der Waals surface area contributed by atoms with Crippen LogP contribution in [-0.4, -0.2) is 41.2 Å². The molecule has 15 heavy (non-hydrogen) atoms. The van der Waals surface area contributed by atoms with Crippen LogP contribution in [0.25, 0.3) is 0 Å². The van der Waals surface area contributed by atoms with Crippen LogP contribution in [0, 0.1) is 0 Å². The Morgan fingerprint density at radius 2 is 2.13 bits per heavy atom. The molecule has 5 nitrogen and oxygen atoms in total. The van der Waals surface area contributed by atoms with Gasteiger partial charge in [-0.3, -0.25) is 4.90 Å². The summed E-state index contributed by atoms with van der Waals surface area (Å²) in [4.78, 5) is 6.70. The molecule has 1 aliphatic heterocycles. The van der Waals surface area contributed by atoms with E-state index in [0.717, 1.165) is 44.4 Å². The summed E-state index contributed by atoms with van der Waals surface area (Å²) in [6.07, 6.45) is 0. The maximum atomic E-state index is 5.16. The minimum Gasteiger partial charge on any atom is -0.339 e. The Morgan fingerprint density at radius 3 is 2.73 bits per heavy atom. The molecule has 1 fully saturated rings. The van der Waals surface area contributed by atoms with Gasteiger partial charge in [-0.2, -0.15) is 4.98 Å². The molecule has 1 aromatic heterocycles. The van der Waals surface area contributed by atoms with Gasteiger partial charge in [-0.15, -0.1) is 0 Å². The predicted molar refractivity (Wildman–Crippen MR) is 56.5 cm³/mol. The summed E-state index contributed by atoms with van der Waals surface area (Å²) in [5.41, 5.74) is 0. The van der Waals surface area contributed by atoms with Crippen LogP contribution in [0.3, 0.4) is 0 Å². The number of hydrogen-bond acceptors (Lipinski definition) is 5. The van der Waals surface area contributed by atoms with Crippen molar-refractivity contribution in [2.24, 2.45) is 0 Å². The fraction of sp³-hybridized carbons (Fsp3) is 0.800. The SMILES string of the molecule is CC(C)c1nc(CN2CCNCC2)no1. The zero-order chi connectivity index (χ0) is 10.7. The quantitative estimate of drug-likeness (QED) is 0.791. The predicted octanol–water partition coefficient (Wildman–Crippen LogP) is 0.598. The van der Waals surface area contributed by atoms with Crippen molar-refractivity contribution in [2.45, 2.75) is 26.3 Å². The van der Waals surface area contributed by atoms with Crippen LogP contribution in [0.5, 0.6) is 0 Å². The summed E-state index contributed by atoms with van der Waals surface area (Å²) in [6.45, 7) is 9.14. The third-order valence-electron chi connectivity index (χ3n) is 2.55. The first-order valence-electron chi connectivity index (χ1n) is 5.51. The van der Waals surface area contributed by atoms with Gasteiger partial charge in [-0.25, -0.2) is 0 Å². The molecule has 2 rings (SSSR count). The number of nitrogens with zero attached hydrogens (tertiary/aromatic N) is 3. The standard InChI is InChI=1S/C10H18N4O/c1-8(2)10-12-9(13-15-10)7-14-5-3-11-4-6-14/h8,11H,3-7H2,1-2H3. The Hall–Kier alpha value is -0.940. The van der Waals surface area contributed by atoms with E-state index in [9.17, 15) is 0 Å². The summed E-state index contributed by atoms with van der Waals surface area (Å²) >= 11 is 0. The van der Waals surface area contributed by atoms with Crippen molar-refractivity contribution in [2.75, 3.05) is 26.2 Å². The minimum absolute atomic E-state index is 0.314. The highest BCUT2D eigenvalue weighted by molar-refractivity contribution is 4.91. The van der Waals surface area contributed by atoms with Crippen LogP contribution in [0.4, 0.5) is 0 Å². The highest BCUT2D eigenvalue weighted by Gasteiger charge is 2.14. The molecule has 0 bridgehead atoms. The Kier molecular flexibility index (Phi) is 3.33. The van der Waals surface area contributed by atoms with Gasteiger partial charge < -0.3 is 9.84 Å². The maximum Gasteiger partial charge on any atom is 0.229 e. The molecule has 1 aliphatic rings. The summed E-state index contributed by atoms with van der Waals surface area (Å²) in [6, 6.07) is 0. The molecule has 1 N–H and O–H groups in total. The lowest BCUT2D eigenvalue weighted by molar-refractivity contribution is 0.224. The lowest BCUT2D eigenvalue weighted by Crippen LogP contribution is -2.43. The van der Waals surface area contributed by atoms with Crippen molar-refractivity contribution < 1.29 is 4.52 Å². The third-order valence-corrected chi connectivity index (χ3v) is 2.55. The lowest BCUT2D eigenvalue weighted by atomic mass is 10.2. The fourth-order valence-electron chi connectivity index (χ4n) is 1.64. The van der Waals surface area contributed by atoms with Gasteiger partial charge in [0.25, 0.3) is 0 Å². The molecule has 0 atom stereocenters. The van der Waals surface area contributed by atoms with Crippen LogP contribution in [0.1, 0.15) is 31.5 Å². The van der Waals surface area contributed by atoms with E-state index in [1.54, 1.807) is 0 Å².